The summed E-state index contributed by atoms with van der Waals surface area (Å²) >= 11 is 15.3. The Kier molecular flexibility index (Phi) is 8.12. The third kappa shape index (κ3) is 4.68. The zero-order chi connectivity index (χ0) is 33.7. The number of aromatic hydroxyl groups is 1. The van der Waals surface area contributed by atoms with Gasteiger partial charge in [-0.15, -0.1) is 0 Å². The second-order valence-corrected chi connectivity index (χ2v) is 15.6. The highest BCUT2D eigenvalue weighted by atomic mass is 127. The Morgan fingerprint density at radius 2 is 1.64 bits per heavy atom. The lowest BCUT2D eigenvalue weighted by Gasteiger charge is -2.49. The third-order valence-corrected chi connectivity index (χ3v) is 13.4. The predicted molar refractivity (Wildman–Crippen MR) is 188 cm³/mol. The minimum absolute atomic E-state index is 0.135. The second-order valence-electron chi connectivity index (χ2n) is 12.4. The number of allylic oxidation sites excluding steroid dienone is 2. The van der Waals surface area contributed by atoms with Gasteiger partial charge < -0.3 is 9.84 Å². The molecular weight excluding hydrogens is 874 g/mol. The lowest BCUT2D eigenvalue weighted by Crippen LogP contribution is -2.49. The molecule has 0 radical (unpaired) electrons. The lowest BCUT2D eigenvalue weighted by atomic mass is 9.51. The van der Waals surface area contributed by atoms with Gasteiger partial charge in [0, 0.05) is 14.0 Å². The largest absolute Gasteiger partial charge is 0.503 e. The highest BCUT2D eigenvalue weighted by molar-refractivity contribution is 14.1. The molecule has 2 saturated heterocycles. The Morgan fingerprint density at radius 3 is 2.30 bits per heavy atom. The molecule has 4 aliphatic rings. The van der Waals surface area contributed by atoms with Crippen molar-refractivity contribution in [2.45, 2.75) is 25.7 Å². The Hall–Kier alpha value is -2.81. The van der Waals surface area contributed by atoms with Crippen LogP contribution >= 0.6 is 66.1 Å². The first-order chi connectivity index (χ1) is 22.3. The number of hydrogen-bond acceptors (Lipinski definition) is 6. The van der Waals surface area contributed by atoms with Gasteiger partial charge in [-0.25, -0.2) is 9.29 Å². The fraction of sp³-hybridized carbons (Fsp3) is 0.294. The molecule has 8 nitrogen and oxygen atoms in total. The molecule has 1 N–H and O–H groups in total. The number of ether oxygens (including phenoxy) is 1. The Morgan fingerprint density at radius 1 is 0.957 bits per heavy atom. The monoisotopic (exact) mass is 896 g/mol. The van der Waals surface area contributed by atoms with Crippen molar-refractivity contribution in [3.05, 3.63) is 89.1 Å². The van der Waals surface area contributed by atoms with Crippen molar-refractivity contribution in [1.82, 2.24) is 0 Å². The number of rotatable bonds is 4. The van der Waals surface area contributed by atoms with Crippen LogP contribution in [0.3, 0.4) is 0 Å². The van der Waals surface area contributed by atoms with Gasteiger partial charge in [-0.1, -0.05) is 23.3 Å². The first-order valence-corrected chi connectivity index (χ1v) is 17.8. The average molecular weight is 899 g/mol. The minimum atomic E-state index is -1.38. The summed E-state index contributed by atoms with van der Waals surface area (Å²) in [5.74, 6) is -5.99. The number of hydrogen-bond donors (Lipinski definition) is 1. The molecule has 2 aliphatic carbocycles. The molecule has 0 spiro atoms. The number of benzene rings is 3. The van der Waals surface area contributed by atoms with Crippen molar-refractivity contribution in [2.24, 2.45) is 29.1 Å². The molecule has 1 saturated carbocycles. The molecule has 3 fully saturated rings. The van der Waals surface area contributed by atoms with E-state index in [-0.39, 0.29) is 46.9 Å². The zero-order valence-electron chi connectivity index (χ0n) is 24.8. The van der Waals surface area contributed by atoms with Crippen molar-refractivity contribution >= 4 is 101 Å². The van der Waals surface area contributed by atoms with Crippen molar-refractivity contribution in [3.63, 3.8) is 0 Å². The molecule has 3 aromatic rings. The normalized spacial score (nSPS) is 28.3. The maximum atomic E-state index is 14.7. The molecule has 13 heteroatoms. The Bertz CT molecular complexity index is 1960. The van der Waals surface area contributed by atoms with Gasteiger partial charge in [0.15, 0.2) is 11.5 Å². The van der Waals surface area contributed by atoms with E-state index in [1.807, 2.05) is 18.2 Å². The number of amides is 4. The number of carbonyl (C=O) groups is 4. The van der Waals surface area contributed by atoms with E-state index in [1.165, 1.54) is 24.1 Å². The van der Waals surface area contributed by atoms with E-state index in [2.05, 4.69) is 54.5 Å². The van der Waals surface area contributed by atoms with Crippen LogP contribution in [0.25, 0.3) is 0 Å². The summed E-state index contributed by atoms with van der Waals surface area (Å²) in [5, 5.41) is 10.5. The van der Waals surface area contributed by atoms with Gasteiger partial charge in [-0.05, 0) is 134 Å². The molecule has 6 unspecified atom stereocenters. The number of phenolic OH excluding ortho intramolecular Hbond substituents is 1. The maximum Gasteiger partial charge on any atom is 0.241 e. The highest BCUT2D eigenvalue weighted by Gasteiger charge is 2.68. The van der Waals surface area contributed by atoms with Crippen molar-refractivity contribution in [2.75, 3.05) is 16.9 Å². The predicted octanol–water partition coefficient (Wildman–Crippen LogP) is 7.76. The van der Waals surface area contributed by atoms with Crippen LogP contribution in [-0.2, 0) is 19.2 Å². The van der Waals surface area contributed by atoms with Gasteiger partial charge in [-0.2, -0.15) is 0 Å². The Balaban J connectivity index is 1.41. The SMILES string of the molecule is COc1cc(C2C3=CCC4C(=O)N(c5ccc(I)cc5)C(=O)C4C3CC3C(=O)N(c4ccc(F)c(Cl)c4)C(=O)C32C)c(Br)c(Br)c1O. The highest BCUT2D eigenvalue weighted by Crippen LogP contribution is 2.65. The van der Waals surface area contributed by atoms with E-state index < -0.39 is 52.6 Å². The first kappa shape index (κ1) is 32.7. The molecule has 0 bridgehead atoms. The number of methoxy groups -OCH3 is 1. The number of halogens is 5. The van der Waals surface area contributed by atoms with E-state index in [0.29, 0.717) is 20.2 Å². The van der Waals surface area contributed by atoms with Crippen LogP contribution in [0.2, 0.25) is 5.02 Å². The van der Waals surface area contributed by atoms with E-state index >= 15 is 0 Å². The summed E-state index contributed by atoms with van der Waals surface area (Å²) < 4.78 is 21.3. The van der Waals surface area contributed by atoms with Gasteiger partial charge in [0.1, 0.15) is 5.82 Å². The van der Waals surface area contributed by atoms with Gasteiger partial charge in [0.05, 0.1) is 51.1 Å². The van der Waals surface area contributed by atoms with Crippen molar-refractivity contribution < 1.29 is 33.4 Å². The summed E-state index contributed by atoms with van der Waals surface area (Å²) in [5.41, 5.74) is 0.556. The van der Waals surface area contributed by atoms with Crippen LogP contribution in [-0.4, -0.2) is 35.8 Å². The third-order valence-electron chi connectivity index (χ3n) is 10.2. The minimum Gasteiger partial charge on any atom is -0.503 e. The quantitative estimate of drug-likeness (QED) is 0.163. The topological polar surface area (TPSA) is 104 Å². The molecular formula is C34H25Br2ClFIN2O6. The molecule has 6 atom stereocenters. The molecule has 3 aromatic carbocycles. The van der Waals surface area contributed by atoms with E-state index in [9.17, 15) is 28.7 Å². The fourth-order valence-electron chi connectivity index (χ4n) is 8.05. The van der Waals surface area contributed by atoms with Gasteiger partial charge in [0.2, 0.25) is 23.6 Å². The first-order valence-electron chi connectivity index (χ1n) is 14.7. The number of anilines is 2. The fourth-order valence-corrected chi connectivity index (χ4v) is 9.54. The van der Waals surface area contributed by atoms with Crippen LogP contribution in [0.15, 0.2) is 69.1 Å². The van der Waals surface area contributed by atoms with Gasteiger partial charge >= 0.3 is 0 Å². The zero-order valence-corrected chi connectivity index (χ0v) is 30.9. The summed E-state index contributed by atoms with van der Waals surface area (Å²) in [7, 11) is 1.41. The molecule has 7 rings (SSSR count). The molecule has 4 amide bonds. The standard InChI is InChI=1S/C34H25Br2ClFIN2O6/c1-34-21(31(44)41(33(34)46)16-7-10-23(38)22(37)11-16)12-19-17(26(34)20-13-24(47-2)29(42)28(36)27(20)35)8-9-18-25(19)32(45)40(30(18)43)15-5-3-14(39)4-6-15/h3-8,10-11,13,18-19,21,25-26,42H,9,12H2,1-2H3. The van der Waals surface area contributed by atoms with Gasteiger partial charge in [0.25, 0.3) is 0 Å². The van der Waals surface area contributed by atoms with Crippen molar-refractivity contribution in [1.29, 1.82) is 0 Å². The van der Waals surface area contributed by atoms with Crippen LogP contribution in [0.1, 0.15) is 31.2 Å². The summed E-state index contributed by atoms with van der Waals surface area (Å²) in [6, 6.07) is 12.5. The Labute approximate surface area is 304 Å². The molecule has 47 heavy (non-hydrogen) atoms. The molecule has 2 aliphatic heterocycles. The van der Waals surface area contributed by atoms with E-state index in [4.69, 9.17) is 16.3 Å². The van der Waals surface area contributed by atoms with Crippen LogP contribution < -0.4 is 14.5 Å². The van der Waals surface area contributed by atoms with E-state index in [0.717, 1.165) is 20.1 Å². The number of nitrogens with zero attached hydrogens (tertiary/aromatic N) is 2. The summed E-state index contributed by atoms with van der Waals surface area (Å²) in [6.45, 7) is 1.73. The lowest BCUT2D eigenvalue weighted by molar-refractivity contribution is -0.131. The van der Waals surface area contributed by atoms with Crippen LogP contribution in [0.4, 0.5) is 15.8 Å². The molecule has 242 valence electrons. The maximum absolute atomic E-state index is 14.7. The molecule has 2 heterocycles. The summed E-state index contributed by atoms with van der Waals surface area (Å²) in [6.07, 6.45) is 2.35. The number of phenols is 1. The van der Waals surface area contributed by atoms with Crippen LogP contribution in [0.5, 0.6) is 11.5 Å². The van der Waals surface area contributed by atoms with Crippen LogP contribution in [0, 0.1) is 38.5 Å². The number of fused-ring (bicyclic) bond motifs is 4. The number of imide groups is 2. The second kappa shape index (κ2) is 11.7. The van der Waals surface area contributed by atoms with E-state index in [1.54, 1.807) is 25.1 Å². The van der Waals surface area contributed by atoms with Gasteiger partial charge in [-0.3, -0.25) is 24.1 Å². The molecule has 0 aromatic heterocycles. The average Bonchev–Trinajstić information content (AvgIpc) is 3.42. The summed E-state index contributed by atoms with van der Waals surface area (Å²) in [4.78, 5) is 59.4. The smallest absolute Gasteiger partial charge is 0.241 e. The number of carbonyl (C=O) groups excluding carboxylic acids is 4. The van der Waals surface area contributed by atoms with Crippen molar-refractivity contribution in [3.8, 4) is 11.5 Å².